The Kier molecular flexibility index (Phi) is 25.2. The van der Waals surface area contributed by atoms with E-state index in [0.717, 1.165) is 0 Å². The highest BCUT2D eigenvalue weighted by molar-refractivity contribution is 5.00. The summed E-state index contributed by atoms with van der Waals surface area (Å²) < 4.78 is 78.8. The number of hydrogen-bond donors (Lipinski definition) is 24. The molecule has 36 atom stereocenters. The molecule has 7 saturated heterocycles. The van der Waals surface area contributed by atoms with Crippen LogP contribution in [0.1, 0.15) is 0 Å². The first-order chi connectivity index (χ1) is 39.3. The second-order valence-corrected chi connectivity index (χ2v) is 20.8. The van der Waals surface area contributed by atoms with Crippen LogP contribution in [0.5, 0.6) is 0 Å². The van der Waals surface area contributed by atoms with Crippen molar-refractivity contribution in [3.8, 4) is 0 Å². The first-order valence-electron chi connectivity index (χ1n) is 26.3. The molecule has 0 amide bonds. The summed E-state index contributed by atoms with van der Waals surface area (Å²) in [5.74, 6) is 0. The van der Waals surface area contributed by atoms with Crippen molar-refractivity contribution in [3.63, 3.8) is 0 Å². The zero-order valence-corrected chi connectivity index (χ0v) is 43.6. The van der Waals surface area contributed by atoms with Crippen molar-refractivity contribution in [3.05, 3.63) is 0 Å². The highest BCUT2D eigenvalue weighted by Crippen LogP contribution is 2.37. The zero-order valence-electron chi connectivity index (χ0n) is 43.6. The van der Waals surface area contributed by atoms with Crippen molar-refractivity contribution in [2.45, 2.75) is 221 Å². The van der Waals surface area contributed by atoms with Gasteiger partial charge in [-0.1, -0.05) is 0 Å². The van der Waals surface area contributed by atoms with Gasteiger partial charge in [0.25, 0.3) is 0 Å². The summed E-state index contributed by atoms with van der Waals surface area (Å²) in [5, 5.41) is 254. The summed E-state index contributed by atoms with van der Waals surface area (Å²) in [5.41, 5.74) is 0. The van der Waals surface area contributed by atoms with Crippen LogP contribution in [-0.4, -0.2) is 403 Å². The Labute approximate surface area is 468 Å². The number of rotatable bonds is 24. The Hall–Kier alpha value is -1.52. The van der Waals surface area contributed by atoms with E-state index in [9.17, 15) is 123 Å². The SMILES string of the molecule is OC[C@@H](O)[C@@H](O[C@@H]1O[C@H](CO)[C@@H](O[C@@H]2O[C@H](CO)[C@@H](O[C@@H]3O[C@H](CO[C@H]4OC[C@@H](O)[C@H](O)[C@H]4O[C@@H]4O[C@@H](CO)[C@H](O)[C@H]4O)[C@@H](O[C@@H]4O[C@H](CO[C@H]5OC[C@@H](O)[C@H](O)[C@H]5O)[C@@H](O)[C@H](O)[C@H]4O)[C@H](O)[C@H]3O)[C@H](O)[C@H]2O)[C@H](O)[C@H]1O)[C@H](O)[C@@H](O)CO. The van der Waals surface area contributed by atoms with E-state index in [2.05, 4.69) is 0 Å². The van der Waals surface area contributed by atoms with Crippen LogP contribution in [0.15, 0.2) is 0 Å². The average molecular weight is 1230 g/mol. The van der Waals surface area contributed by atoms with E-state index in [4.69, 9.17) is 66.3 Å². The summed E-state index contributed by atoms with van der Waals surface area (Å²) in [6.07, 6.45) is -70.3. The molecule has 0 radical (unpaired) electrons. The molecule has 24 N–H and O–H groups in total. The molecule has 0 bridgehead atoms. The minimum atomic E-state index is -2.34. The normalized spacial score (nSPS) is 49.7. The fourth-order valence-electron chi connectivity index (χ4n) is 10.1. The van der Waals surface area contributed by atoms with Crippen LogP contribution in [0.25, 0.3) is 0 Å². The maximum absolute atomic E-state index is 11.8. The van der Waals surface area contributed by atoms with Crippen LogP contribution >= 0.6 is 0 Å². The van der Waals surface area contributed by atoms with Crippen LogP contribution in [0.4, 0.5) is 0 Å². The van der Waals surface area contributed by atoms with Crippen molar-refractivity contribution < 1.29 is 189 Å². The van der Waals surface area contributed by atoms with Gasteiger partial charge in [0.05, 0.1) is 59.5 Å². The van der Waals surface area contributed by atoms with Crippen molar-refractivity contribution in [2.24, 2.45) is 0 Å². The Morgan fingerprint density at radius 2 is 0.687 bits per heavy atom. The predicted molar refractivity (Wildman–Crippen MR) is 249 cm³/mol. The molecule has 0 aromatic rings. The molecule has 0 aromatic carbocycles. The predicted octanol–water partition coefficient (Wildman–Crippen LogP) is -16.9. The molecule has 0 aliphatic carbocycles. The van der Waals surface area contributed by atoms with Gasteiger partial charge in [0.2, 0.25) is 0 Å². The second kappa shape index (κ2) is 30.3. The lowest BCUT2D eigenvalue weighted by molar-refractivity contribution is -0.394. The lowest BCUT2D eigenvalue weighted by Crippen LogP contribution is -2.68. The summed E-state index contributed by atoms with van der Waals surface area (Å²) in [6.45, 7) is -8.03. The Bertz CT molecular complexity index is 1920. The lowest BCUT2D eigenvalue weighted by atomic mass is 9.95. The molecular weight excluding hydrogens is 1150 g/mol. The van der Waals surface area contributed by atoms with E-state index in [1.54, 1.807) is 0 Å². The lowest BCUT2D eigenvalue weighted by Gasteiger charge is -2.49. The van der Waals surface area contributed by atoms with Gasteiger partial charge in [-0.05, 0) is 0 Å². The van der Waals surface area contributed by atoms with Gasteiger partial charge in [-0.2, -0.15) is 0 Å². The molecule has 0 aromatic heterocycles. The first-order valence-corrected chi connectivity index (χ1v) is 26.3. The molecule has 38 nitrogen and oxygen atoms in total. The van der Waals surface area contributed by atoms with E-state index >= 15 is 0 Å². The van der Waals surface area contributed by atoms with Crippen LogP contribution < -0.4 is 0 Å². The standard InChI is InChI=1S/C45H78O38/c46-1-10(51)20(56)34(11(52)2-47)79-42-31(67)25(61)35(15(4-49)75-42)80-43-32(68)26(62)36(16(5-50)76-43)81-44-33(69)27(63)37(82-41-30(66)24(60)23(59)17(77-41)8-72-39-28(64)19(55)12(53)6-70-39)18(78-44)9-73-45-38(21(57)13(54)7-71-45)83-40-29(65)22(58)14(3-48)74-40/h10-69H,1-9H2/t10-,11+,12+,13+,14-,15+,16+,17+,18+,19-,20+,21-,22-,23+,24-,25+,26+,27+,28+,29+,30+,31+,32+,33+,34+,35+,36+,37+,38+,39+,40-,41-,42-,43-,44-,45+/m0/s1. The maximum atomic E-state index is 11.8. The number of hydrogen-bond acceptors (Lipinski definition) is 38. The van der Waals surface area contributed by atoms with Gasteiger partial charge in [-0.3, -0.25) is 0 Å². The summed E-state index contributed by atoms with van der Waals surface area (Å²) in [6, 6.07) is 0. The monoisotopic (exact) mass is 1230 g/mol. The minimum Gasteiger partial charge on any atom is -0.394 e. The van der Waals surface area contributed by atoms with Gasteiger partial charge in [0.15, 0.2) is 44.0 Å². The van der Waals surface area contributed by atoms with Crippen LogP contribution in [0.2, 0.25) is 0 Å². The quantitative estimate of drug-likeness (QED) is 0.0427. The fourth-order valence-corrected chi connectivity index (χ4v) is 10.1. The average Bonchev–Trinajstić information content (AvgIpc) is 3.68. The summed E-state index contributed by atoms with van der Waals surface area (Å²) in [4.78, 5) is 0. The number of ether oxygens (including phenoxy) is 14. The number of aliphatic hydroxyl groups excluding tert-OH is 24. The minimum absolute atomic E-state index is 0.500. The molecular formula is C45H78O38. The van der Waals surface area contributed by atoms with Gasteiger partial charge < -0.3 is 189 Å². The Morgan fingerprint density at radius 3 is 1.19 bits per heavy atom. The molecule has 7 aliphatic rings. The largest absolute Gasteiger partial charge is 0.394 e. The molecule has 7 aliphatic heterocycles. The van der Waals surface area contributed by atoms with E-state index in [0.29, 0.717) is 0 Å². The molecule has 38 heteroatoms. The molecule has 0 spiro atoms. The zero-order chi connectivity index (χ0) is 61.0. The van der Waals surface area contributed by atoms with Gasteiger partial charge in [-0.15, -0.1) is 0 Å². The van der Waals surface area contributed by atoms with E-state index in [1.165, 1.54) is 0 Å². The van der Waals surface area contributed by atoms with Crippen LogP contribution in [-0.2, 0) is 66.3 Å². The molecule has 7 fully saturated rings. The van der Waals surface area contributed by atoms with Gasteiger partial charge in [0, 0.05) is 0 Å². The second-order valence-electron chi connectivity index (χ2n) is 20.8. The maximum Gasteiger partial charge on any atom is 0.187 e. The van der Waals surface area contributed by atoms with Crippen molar-refractivity contribution >= 4 is 0 Å². The Morgan fingerprint density at radius 1 is 0.325 bits per heavy atom. The third kappa shape index (κ3) is 15.2. The number of aliphatic hydroxyl groups is 24. The van der Waals surface area contributed by atoms with Crippen molar-refractivity contribution in [1.29, 1.82) is 0 Å². The van der Waals surface area contributed by atoms with Crippen LogP contribution in [0, 0.1) is 0 Å². The molecule has 7 rings (SSSR count). The first kappa shape index (κ1) is 69.0. The fraction of sp³-hybridized carbons (Fsp3) is 1.00. The van der Waals surface area contributed by atoms with Crippen LogP contribution in [0.3, 0.4) is 0 Å². The molecule has 486 valence electrons. The highest BCUT2D eigenvalue weighted by Gasteiger charge is 2.57. The van der Waals surface area contributed by atoms with Gasteiger partial charge in [0.1, 0.15) is 177 Å². The Balaban J connectivity index is 1.09. The smallest absolute Gasteiger partial charge is 0.187 e. The van der Waals surface area contributed by atoms with Gasteiger partial charge in [-0.25, -0.2) is 0 Å². The van der Waals surface area contributed by atoms with E-state index in [-0.39, 0.29) is 0 Å². The van der Waals surface area contributed by atoms with Crippen molar-refractivity contribution in [1.82, 2.24) is 0 Å². The molecule has 83 heavy (non-hydrogen) atoms. The molecule has 0 saturated carbocycles. The summed E-state index contributed by atoms with van der Waals surface area (Å²) in [7, 11) is 0. The summed E-state index contributed by atoms with van der Waals surface area (Å²) >= 11 is 0. The van der Waals surface area contributed by atoms with Gasteiger partial charge >= 0.3 is 0 Å². The third-order valence-electron chi connectivity index (χ3n) is 15.1. The topological polar surface area (TPSA) is 615 Å². The van der Waals surface area contributed by atoms with E-state index in [1.807, 2.05) is 0 Å². The highest BCUT2D eigenvalue weighted by atomic mass is 16.8. The molecule has 7 heterocycles. The van der Waals surface area contributed by atoms with E-state index < -0.39 is 281 Å². The molecule has 0 unspecified atom stereocenters. The third-order valence-corrected chi connectivity index (χ3v) is 15.1. The van der Waals surface area contributed by atoms with Crippen molar-refractivity contribution in [2.75, 3.05) is 59.5 Å².